The monoisotopic (exact) mass is 310 g/mol. The molecule has 3 rings (SSSR count). The van der Waals surface area contributed by atoms with E-state index in [1.807, 2.05) is 17.5 Å². The minimum Gasteiger partial charge on any atom is -0.481 e. The molecule has 7 heteroatoms. The smallest absolute Gasteiger partial charge is 0.303 e. The Labute approximate surface area is 124 Å². The average Bonchev–Trinajstić information content (AvgIpc) is 2.86. The molecule has 0 spiro atoms. The van der Waals surface area contributed by atoms with Gasteiger partial charge in [0, 0.05) is 0 Å². The lowest BCUT2D eigenvalue weighted by Crippen LogP contribution is -2.11. The minimum atomic E-state index is -0.706. The molecule has 2 aromatic rings. The van der Waals surface area contributed by atoms with Gasteiger partial charge in [-0.05, 0) is 35.5 Å². The summed E-state index contributed by atoms with van der Waals surface area (Å²) < 4.78 is 5.21. The Morgan fingerprint density at radius 1 is 1.55 bits per heavy atom. The summed E-state index contributed by atoms with van der Waals surface area (Å²) in [7, 11) is 0. The zero-order chi connectivity index (χ0) is 14.0. The summed E-state index contributed by atoms with van der Waals surface area (Å²) in [5.41, 5.74) is 0.0107. The molecule has 1 fully saturated rings. The van der Waals surface area contributed by atoms with Crippen molar-refractivity contribution in [3.8, 4) is 10.8 Å². The fourth-order valence-electron chi connectivity index (χ4n) is 2.04. The van der Waals surface area contributed by atoms with Gasteiger partial charge in [0.25, 0.3) is 5.89 Å². The quantitative estimate of drug-likeness (QED) is 0.845. The Balaban J connectivity index is 1.51. The summed E-state index contributed by atoms with van der Waals surface area (Å²) in [6, 6.07) is 3.89. The summed E-state index contributed by atoms with van der Waals surface area (Å²) in [4.78, 5) is 16.1. The normalized spacial score (nSPS) is 16.2. The lowest BCUT2D eigenvalue weighted by Gasteiger charge is -2.10. The minimum absolute atomic E-state index is 0.0107. The van der Waals surface area contributed by atoms with Crippen LogP contribution in [0.1, 0.15) is 25.1 Å². The first-order valence-electron chi connectivity index (χ1n) is 6.33. The molecule has 1 aliphatic rings. The van der Waals surface area contributed by atoms with Crippen LogP contribution in [0.15, 0.2) is 22.0 Å². The lowest BCUT2D eigenvalue weighted by molar-refractivity contribution is -0.138. The number of aliphatic carboxylic acids is 1. The van der Waals surface area contributed by atoms with E-state index >= 15 is 0 Å². The van der Waals surface area contributed by atoms with Crippen LogP contribution in [0.25, 0.3) is 10.8 Å². The third-order valence-corrected chi connectivity index (χ3v) is 5.46. The van der Waals surface area contributed by atoms with E-state index in [0.29, 0.717) is 17.5 Å². The van der Waals surface area contributed by atoms with Crippen LogP contribution in [-0.4, -0.2) is 27.0 Å². The Kier molecular flexibility index (Phi) is 3.80. The van der Waals surface area contributed by atoms with Gasteiger partial charge in [0.1, 0.15) is 0 Å². The second kappa shape index (κ2) is 5.57. The molecule has 2 aromatic heterocycles. The molecule has 0 bridgehead atoms. The largest absolute Gasteiger partial charge is 0.481 e. The van der Waals surface area contributed by atoms with Gasteiger partial charge < -0.3 is 9.63 Å². The average molecular weight is 310 g/mol. The molecule has 1 saturated carbocycles. The molecule has 5 nitrogen and oxygen atoms in total. The van der Waals surface area contributed by atoms with Gasteiger partial charge in [0.2, 0.25) is 0 Å². The first kappa shape index (κ1) is 13.6. The van der Waals surface area contributed by atoms with E-state index in [0.717, 1.165) is 23.5 Å². The number of hydrogen-bond acceptors (Lipinski definition) is 6. The van der Waals surface area contributed by atoms with Gasteiger partial charge in [-0.15, -0.1) is 11.3 Å². The topological polar surface area (TPSA) is 76.2 Å². The van der Waals surface area contributed by atoms with Crippen LogP contribution in [0.2, 0.25) is 0 Å². The molecular formula is C13H14N2O3S2. The molecule has 0 aliphatic heterocycles. The van der Waals surface area contributed by atoms with Crippen LogP contribution in [-0.2, 0) is 10.5 Å². The molecular weight excluding hydrogens is 296 g/mol. The number of carbonyl (C=O) groups is 1. The van der Waals surface area contributed by atoms with Crippen molar-refractivity contribution in [2.75, 3.05) is 5.75 Å². The van der Waals surface area contributed by atoms with Gasteiger partial charge in [-0.1, -0.05) is 11.2 Å². The maximum absolute atomic E-state index is 10.8. The van der Waals surface area contributed by atoms with Crippen molar-refractivity contribution in [3.05, 3.63) is 23.3 Å². The lowest BCUT2D eigenvalue weighted by atomic mass is 10.1. The van der Waals surface area contributed by atoms with Gasteiger partial charge in [0.15, 0.2) is 5.82 Å². The Morgan fingerprint density at radius 3 is 3.05 bits per heavy atom. The van der Waals surface area contributed by atoms with E-state index < -0.39 is 5.97 Å². The van der Waals surface area contributed by atoms with Crippen LogP contribution in [0, 0.1) is 5.41 Å². The molecule has 106 valence electrons. The van der Waals surface area contributed by atoms with Crippen LogP contribution in [0.5, 0.6) is 0 Å². The Hall–Kier alpha value is -1.34. The molecule has 0 aromatic carbocycles. The summed E-state index contributed by atoms with van der Waals surface area (Å²) >= 11 is 3.25. The molecule has 0 atom stereocenters. The molecule has 0 saturated heterocycles. The van der Waals surface area contributed by atoms with Crippen molar-refractivity contribution in [1.82, 2.24) is 10.1 Å². The number of hydrogen-bond donors (Lipinski definition) is 1. The highest BCUT2D eigenvalue weighted by atomic mass is 32.2. The second-order valence-corrected chi connectivity index (χ2v) is 6.99. The molecule has 0 amide bonds. The van der Waals surface area contributed by atoms with E-state index in [2.05, 4.69) is 10.1 Å². The van der Waals surface area contributed by atoms with E-state index in [9.17, 15) is 4.79 Å². The SMILES string of the molecule is O=C(O)CC1(CSCc2noc(-c3cccs3)n2)CC1. The van der Waals surface area contributed by atoms with E-state index in [4.69, 9.17) is 9.63 Å². The third kappa shape index (κ3) is 3.21. The van der Waals surface area contributed by atoms with Gasteiger partial charge >= 0.3 is 5.97 Å². The number of thioether (sulfide) groups is 1. The number of aromatic nitrogens is 2. The second-order valence-electron chi connectivity index (χ2n) is 5.06. The van der Waals surface area contributed by atoms with Crippen molar-refractivity contribution >= 4 is 29.1 Å². The van der Waals surface area contributed by atoms with Crippen LogP contribution in [0.4, 0.5) is 0 Å². The summed E-state index contributed by atoms with van der Waals surface area (Å²) in [6.07, 6.45) is 2.30. The zero-order valence-corrected chi connectivity index (χ0v) is 12.4. The number of rotatable bonds is 7. The predicted octanol–water partition coefficient (Wildman–Crippen LogP) is 3.29. The molecule has 20 heavy (non-hydrogen) atoms. The van der Waals surface area contributed by atoms with Crippen molar-refractivity contribution < 1.29 is 14.4 Å². The van der Waals surface area contributed by atoms with Crippen molar-refractivity contribution in [1.29, 1.82) is 0 Å². The van der Waals surface area contributed by atoms with Crippen molar-refractivity contribution in [2.45, 2.75) is 25.0 Å². The van der Waals surface area contributed by atoms with Crippen LogP contribution in [0.3, 0.4) is 0 Å². The highest BCUT2D eigenvalue weighted by molar-refractivity contribution is 7.98. The first-order valence-corrected chi connectivity index (χ1v) is 8.36. The van der Waals surface area contributed by atoms with Crippen molar-refractivity contribution in [2.24, 2.45) is 5.41 Å². The van der Waals surface area contributed by atoms with Crippen LogP contribution < -0.4 is 0 Å². The summed E-state index contributed by atoms with van der Waals surface area (Å²) in [6.45, 7) is 0. The first-order chi connectivity index (χ1) is 9.67. The number of nitrogens with zero attached hydrogens (tertiary/aromatic N) is 2. The molecule has 1 aliphatic carbocycles. The zero-order valence-electron chi connectivity index (χ0n) is 10.7. The molecule has 0 unspecified atom stereocenters. The standard InChI is InChI=1S/C13H14N2O3S2/c16-11(17)6-13(3-4-13)8-19-7-10-14-12(18-15-10)9-2-1-5-20-9/h1-2,5H,3-4,6-8H2,(H,16,17). The van der Waals surface area contributed by atoms with Gasteiger partial charge in [-0.25, -0.2) is 0 Å². The third-order valence-electron chi connectivity index (χ3n) is 3.32. The maximum atomic E-state index is 10.8. The van der Waals surface area contributed by atoms with E-state index in [1.165, 1.54) is 0 Å². The molecule has 2 heterocycles. The van der Waals surface area contributed by atoms with Gasteiger partial charge in [-0.2, -0.15) is 16.7 Å². The van der Waals surface area contributed by atoms with Crippen molar-refractivity contribution in [3.63, 3.8) is 0 Å². The summed E-state index contributed by atoms with van der Waals surface area (Å²) in [5.74, 6) is 2.03. The van der Waals surface area contributed by atoms with Gasteiger partial charge in [0.05, 0.1) is 17.1 Å². The highest BCUT2D eigenvalue weighted by Crippen LogP contribution is 2.51. The summed E-state index contributed by atoms with van der Waals surface area (Å²) in [5, 5.41) is 14.8. The van der Waals surface area contributed by atoms with Gasteiger partial charge in [-0.3, -0.25) is 4.79 Å². The molecule has 1 N–H and O–H groups in total. The number of carboxylic acids is 1. The fraction of sp³-hybridized carbons (Fsp3) is 0.462. The molecule has 0 radical (unpaired) electrons. The van der Waals surface area contributed by atoms with E-state index in [1.54, 1.807) is 23.1 Å². The Bertz CT molecular complexity index is 591. The van der Waals surface area contributed by atoms with E-state index in [-0.39, 0.29) is 11.8 Å². The fourth-order valence-corrected chi connectivity index (χ4v) is 3.91. The maximum Gasteiger partial charge on any atom is 0.303 e. The Morgan fingerprint density at radius 2 is 2.40 bits per heavy atom. The number of carboxylic acid groups (broad SMARTS) is 1. The predicted molar refractivity (Wildman–Crippen MR) is 77.7 cm³/mol. The highest BCUT2D eigenvalue weighted by Gasteiger charge is 2.44. The number of thiophene rings is 1. The van der Waals surface area contributed by atoms with Crippen LogP contribution >= 0.6 is 23.1 Å².